The summed E-state index contributed by atoms with van der Waals surface area (Å²) in [7, 11) is 0. The fourth-order valence-corrected chi connectivity index (χ4v) is 1.93. The van der Waals surface area contributed by atoms with Gasteiger partial charge in [-0.2, -0.15) is 0 Å². The molecule has 0 spiro atoms. The molecule has 1 rings (SSSR count). The molecule has 1 N–H and O–H groups in total. The van der Waals surface area contributed by atoms with Crippen LogP contribution < -0.4 is 4.90 Å². The molecule has 0 aliphatic rings. The average molecular weight is 266 g/mol. The molecule has 0 fully saturated rings. The Bertz CT molecular complexity index is 413. The summed E-state index contributed by atoms with van der Waals surface area (Å²) in [6.45, 7) is 6.08. The Hall–Kier alpha value is -1.78. The molecular weight excluding hydrogens is 244 g/mol. The van der Waals surface area contributed by atoms with Crippen LogP contribution in [0.25, 0.3) is 0 Å². The fraction of sp³-hybridized carbons (Fsp3) is 0.571. The monoisotopic (exact) mass is 266 g/mol. The van der Waals surface area contributed by atoms with Crippen molar-refractivity contribution in [2.24, 2.45) is 0 Å². The maximum Gasteiger partial charge on any atom is 0.310 e. The number of unbranched alkanes of at least 4 members (excludes halogenated alkanes) is 2. The molecule has 0 heterocycles. The van der Waals surface area contributed by atoms with Crippen molar-refractivity contribution in [3.8, 4) is 5.75 Å². The van der Waals surface area contributed by atoms with Gasteiger partial charge in [-0.15, -0.1) is 0 Å². The van der Waals surface area contributed by atoms with Crippen molar-refractivity contribution in [1.29, 1.82) is 0 Å². The second-order valence-electron chi connectivity index (χ2n) is 4.62. The van der Waals surface area contributed by atoms with Crippen LogP contribution in [0.2, 0.25) is 0 Å². The van der Waals surface area contributed by atoms with Crippen molar-refractivity contribution in [3.63, 3.8) is 0 Å². The highest BCUT2D eigenvalue weighted by molar-refractivity contribution is 5.58. The number of benzene rings is 1. The van der Waals surface area contributed by atoms with E-state index in [1.165, 1.54) is 12.1 Å². The first-order chi connectivity index (χ1) is 9.10. The molecule has 0 atom stereocenters. The van der Waals surface area contributed by atoms with E-state index in [1.54, 1.807) is 6.07 Å². The van der Waals surface area contributed by atoms with Gasteiger partial charge in [0.05, 0.1) is 4.92 Å². The van der Waals surface area contributed by atoms with E-state index < -0.39 is 4.92 Å². The summed E-state index contributed by atoms with van der Waals surface area (Å²) in [6.07, 6.45) is 4.34. The minimum absolute atomic E-state index is 0.241. The van der Waals surface area contributed by atoms with Crippen LogP contribution in [0.5, 0.6) is 5.75 Å². The van der Waals surface area contributed by atoms with Crippen molar-refractivity contribution in [3.05, 3.63) is 28.3 Å². The molecule has 0 amide bonds. The molecule has 1 aromatic carbocycles. The average Bonchev–Trinajstić information content (AvgIpc) is 2.38. The van der Waals surface area contributed by atoms with Crippen LogP contribution in [-0.4, -0.2) is 23.1 Å². The molecule has 0 bridgehead atoms. The number of nitro groups is 1. The van der Waals surface area contributed by atoms with Gasteiger partial charge in [-0.1, -0.05) is 26.7 Å². The Morgan fingerprint density at radius 3 is 2.21 bits per heavy atom. The van der Waals surface area contributed by atoms with Crippen LogP contribution in [0, 0.1) is 10.1 Å². The first kappa shape index (κ1) is 15.3. The van der Waals surface area contributed by atoms with Gasteiger partial charge < -0.3 is 10.0 Å². The Balaban J connectivity index is 2.88. The predicted molar refractivity (Wildman–Crippen MR) is 76.8 cm³/mol. The summed E-state index contributed by atoms with van der Waals surface area (Å²) in [6, 6.07) is 4.57. The van der Waals surface area contributed by atoms with Gasteiger partial charge in [0.1, 0.15) is 0 Å². The van der Waals surface area contributed by atoms with E-state index in [4.69, 9.17) is 0 Å². The van der Waals surface area contributed by atoms with Gasteiger partial charge in [-0.25, -0.2) is 0 Å². The smallest absolute Gasteiger partial charge is 0.310 e. The van der Waals surface area contributed by atoms with Gasteiger partial charge in [0.15, 0.2) is 5.75 Å². The third kappa shape index (κ3) is 4.43. The number of phenols is 1. The number of nitro benzene ring substituents is 1. The standard InChI is InChI=1S/C14H22N2O3/c1-3-5-9-15(10-6-4-2)12-7-8-13(16(18)19)14(17)11-12/h7-8,11,17H,3-6,9-10H2,1-2H3. The first-order valence-corrected chi connectivity index (χ1v) is 6.82. The van der Waals surface area contributed by atoms with Crippen molar-refractivity contribution in [2.75, 3.05) is 18.0 Å². The highest BCUT2D eigenvalue weighted by Gasteiger charge is 2.15. The molecule has 0 aliphatic carbocycles. The Morgan fingerprint density at radius 2 is 1.79 bits per heavy atom. The summed E-state index contributed by atoms with van der Waals surface area (Å²) >= 11 is 0. The van der Waals surface area contributed by atoms with Gasteiger partial charge in [-0.3, -0.25) is 10.1 Å². The first-order valence-electron chi connectivity index (χ1n) is 6.82. The quantitative estimate of drug-likeness (QED) is 0.575. The molecule has 0 aromatic heterocycles. The zero-order chi connectivity index (χ0) is 14.3. The SMILES string of the molecule is CCCCN(CCCC)c1ccc([N+](=O)[O-])c(O)c1. The summed E-state index contributed by atoms with van der Waals surface area (Å²) < 4.78 is 0. The van der Waals surface area contributed by atoms with Crippen LogP contribution in [0.3, 0.4) is 0 Å². The van der Waals surface area contributed by atoms with E-state index in [1.807, 2.05) is 0 Å². The second kappa shape index (κ2) is 7.61. The minimum Gasteiger partial charge on any atom is -0.502 e. The summed E-state index contributed by atoms with van der Waals surface area (Å²) in [5.74, 6) is -0.263. The highest BCUT2D eigenvalue weighted by atomic mass is 16.6. The van der Waals surface area contributed by atoms with Crippen LogP contribution >= 0.6 is 0 Å². The van der Waals surface area contributed by atoms with E-state index >= 15 is 0 Å². The summed E-state index contributed by atoms with van der Waals surface area (Å²) in [4.78, 5) is 12.3. The molecule has 5 heteroatoms. The zero-order valence-electron chi connectivity index (χ0n) is 11.6. The normalized spacial score (nSPS) is 10.4. The minimum atomic E-state index is -0.568. The molecule has 0 radical (unpaired) electrons. The maximum atomic E-state index is 10.7. The fourth-order valence-electron chi connectivity index (χ4n) is 1.93. The van der Waals surface area contributed by atoms with Gasteiger partial charge in [0.25, 0.3) is 0 Å². The van der Waals surface area contributed by atoms with Gasteiger partial charge in [-0.05, 0) is 18.9 Å². The van der Waals surface area contributed by atoms with Gasteiger partial charge in [0.2, 0.25) is 0 Å². The Labute approximate surface area is 114 Å². The third-order valence-corrected chi connectivity index (χ3v) is 3.08. The number of anilines is 1. The summed E-state index contributed by atoms with van der Waals surface area (Å²) in [5, 5.41) is 20.4. The molecule has 19 heavy (non-hydrogen) atoms. The van der Waals surface area contributed by atoms with Crippen molar-refractivity contribution >= 4 is 11.4 Å². The molecule has 106 valence electrons. The van der Waals surface area contributed by atoms with E-state index in [0.29, 0.717) is 0 Å². The number of rotatable bonds is 8. The lowest BCUT2D eigenvalue weighted by molar-refractivity contribution is -0.385. The van der Waals surface area contributed by atoms with Gasteiger partial charge in [0, 0.05) is 30.9 Å². The molecular formula is C14H22N2O3. The zero-order valence-corrected chi connectivity index (χ0v) is 11.6. The Morgan fingerprint density at radius 1 is 1.21 bits per heavy atom. The number of hydrogen-bond acceptors (Lipinski definition) is 4. The number of hydrogen-bond donors (Lipinski definition) is 1. The van der Waals surface area contributed by atoms with Crippen LogP contribution in [0.15, 0.2) is 18.2 Å². The number of aromatic hydroxyl groups is 1. The third-order valence-electron chi connectivity index (χ3n) is 3.08. The van der Waals surface area contributed by atoms with Crippen molar-refractivity contribution in [2.45, 2.75) is 39.5 Å². The second-order valence-corrected chi connectivity index (χ2v) is 4.62. The maximum absolute atomic E-state index is 10.7. The van der Waals surface area contributed by atoms with Crippen LogP contribution in [-0.2, 0) is 0 Å². The van der Waals surface area contributed by atoms with E-state index in [9.17, 15) is 15.2 Å². The lowest BCUT2D eigenvalue weighted by Crippen LogP contribution is -2.25. The van der Waals surface area contributed by atoms with E-state index in [-0.39, 0.29) is 11.4 Å². The predicted octanol–water partition coefficient (Wildman–Crippen LogP) is 3.71. The molecule has 0 unspecified atom stereocenters. The van der Waals surface area contributed by atoms with Crippen molar-refractivity contribution < 1.29 is 10.0 Å². The molecule has 5 nitrogen and oxygen atoms in total. The highest BCUT2D eigenvalue weighted by Crippen LogP contribution is 2.30. The number of nitrogens with zero attached hydrogens (tertiary/aromatic N) is 2. The van der Waals surface area contributed by atoms with Crippen LogP contribution in [0.4, 0.5) is 11.4 Å². The van der Waals surface area contributed by atoms with E-state index in [0.717, 1.165) is 44.5 Å². The largest absolute Gasteiger partial charge is 0.502 e. The lowest BCUT2D eigenvalue weighted by atomic mass is 10.2. The topological polar surface area (TPSA) is 66.6 Å². The number of phenolic OH excluding ortho intramolecular Hbond substituents is 1. The molecule has 0 saturated heterocycles. The lowest BCUT2D eigenvalue weighted by Gasteiger charge is -2.24. The van der Waals surface area contributed by atoms with E-state index in [2.05, 4.69) is 18.7 Å². The van der Waals surface area contributed by atoms with Crippen LogP contribution in [0.1, 0.15) is 39.5 Å². The van der Waals surface area contributed by atoms with Crippen molar-refractivity contribution in [1.82, 2.24) is 0 Å². The Kier molecular flexibility index (Phi) is 6.12. The summed E-state index contributed by atoms with van der Waals surface area (Å²) in [5.41, 5.74) is 0.611. The molecule has 0 aliphatic heterocycles. The molecule has 1 aromatic rings. The van der Waals surface area contributed by atoms with Gasteiger partial charge >= 0.3 is 5.69 Å². The molecule has 0 saturated carbocycles.